The van der Waals surface area contributed by atoms with Crippen LogP contribution in [0.4, 0.5) is 0 Å². The van der Waals surface area contributed by atoms with Crippen molar-refractivity contribution >= 4 is 0 Å². The number of ether oxygens (including phenoxy) is 3. The van der Waals surface area contributed by atoms with Gasteiger partial charge in [-0.2, -0.15) is 5.26 Å². The average Bonchev–Trinajstić information content (AvgIpc) is 2.60. The summed E-state index contributed by atoms with van der Waals surface area (Å²) in [5.41, 5.74) is 2.39. The molecular formula is C19H23NO3. The van der Waals surface area contributed by atoms with Gasteiger partial charge in [-0.25, -0.2) is 0 Å². The molecule has 0 aliphatic rings. The smallest absolute Gasteiger partial charge is 0.163 e. The van der Waals surface area contributed by atoms with Crippen LogP contribution in [0.3, 0.4) is 0 Å². The van der Waals surface area contributed by atoms with Gasteiger partial charge >= 0.3 is 0 Å². The molecule has 4 nitrogen and oxygen atoms in total. The second-order valence-electron chi connectivity index (χ2n) is 4.73. The molecule has 0 spiro atoms. The standard InChI is InChI=1S/C17H20O3.C2H3N/c1-18-15-8-4-6-13(12-15)10-11-14-7-5-9-16(19-2)17(14)20-3;1-2-3/h4-9,12H,10-11H2,1-3H3;1H3. The molecule has 0 heterocycles. The van der Waals surface area contributed by atoms with Crippen LogP contribution in [-0.4, -0.2) is 21.3 Å². The Morgan fingerprint density at radius 1 is 0.913 bits per heavy atom. The summed E-state index contributed by atoms with van der Waals surface area (Å²) >= 11 is 0. The van der Waals surface area contributed by atoms with Gasteiger partial charge in [-0.3, -0.25) is 0 Å². The van der Waals surface area contributed by atoms with Gasteiger partial charge in [-0.15, -0.1) is 0 Å². The topological polar surface area (TPSA) is 51.5 Å². The first-order valence-corrected chi connectivity index (χ1v) is 7.33. The van der Waals surface area contributed by atoms with Gasteiger partial charge in [0, 0.05) is 6.92 Å². The van der Waals surface area contributed by atoms with E-state index in [1.807, 2.05) is 24.3 Å². The van der Waals surface area contributed by atoms with Crippen molar-refractivity contribution in [3.63, 3.8) is 0 Å². The molecule has 23 heavy (non-hydrogen) atoms. The van der Waals surface area contributed by atoms with E-state index in [-0.39, 0.29) is 0 Å². The van der Waals surface area contributed by atoms with Gasteiger partial charge in [-0.1, -0.05) is 24.3 Å². The van der Waals surface area contributed by atoms with E-state index in [1.54, 1.807) is 27.4 Å². The Balaban J connectivity index is 0.000000816. The van der Waals surface area contributed by atoms with Crippen LogP contribution in [0.25, 0.3) is 0 Å². The van der Waals surface area contributed by atoms with Gasteiger partial charge in [-0.05, 0) is 42.2 Å². The molecule has 0 bridgehead atoms. The summed E-state index contributed by atoms with van der Waals surface area (Å²) in [6.07, 6.45) is 1.83. The molecule has 0 fully saturated rings. The Morgan fingerprint density at radius 2 is 1.61 bits per heavy atom. The highest BCUT2D eigenvalue weighted by Crippen LogP contribution is 2.31. The van der Waals surface area contributed by atoms with Crippen molar-refractivity contribution in [1.82, 2.24) is 0 Å². The summed E-state index contributed by atoms with van der Waals surface area (Å²) in [5.74, 6) is 2.48. The third kappa shape index (κ3) is 5.55. The zero-order valence-corrected chi connectivity index (χ0v) is 14.1. The number of benzene rings is 2. The first-order chi connectivity index (χ1) is 11.2. The SMILES string of the molecule is CC#N.COc1cccc(CCc2cccc(OC)c2OC)c1. The largest absolute Gasteiger partial charge is 0.497 e. The van der Waals surface area contributed by atoms with Gasteiger partial charge in [0.2, 0.25) is 0 Å². The van der Waals surface area contributed by atoms with Crippen molar-refractivity contribution in [3.8, 4) is 23.3 Å². The van der Waals surface area contributed by atoms with Gasteiger partial charge in [0.05, 0.1) is 27.4 Å². The number of nitriles is 1. The number of methoxy groups -OCH3 is 3. The molecule has 0 amide bonds. The fourth-order valence-electron chi connectivity index (χ4n) is 2.26. The van der Waals surface area contributed by atoms with Crippen LogP contribution in [0.5, 0.6) is 17.2 Å². The summed E-state index contributed by atoms with van der Waals surface area (Å²) in [4.78, 5) is 0. The van der Waals surface area contributed by atoms with E-state index in [0.29, 0.717) is 0 Å². The van der Waals surface area contributed by atoms with Crippen LogP contribution in [0.15, 0.2) is 42.5 Å². The highest BCUT2D eigenvalue weighted by molar-refractivity contribution is 5.47. The lowest BCUT2D eigenvalue weighted by Crippen LogP contribution is -1.98. The number of hydrogen-bond donors (Lipinski definition) is 0. The lowest BCUT2D eigenvalue weighted by atomic mass is 10.0. The van der Waals surface area contributed by atoms with Crippen LogP contribution in [0.1, 0.15) is 18.1 Å². The predicted molar refractivity (Wildman–Crippen MR) is 91.2 cm³/mol. The van der Waals surface area contributed by atoms with Crippen LogP contribution < -0.4 is 14.2 Å². The number of aryl methyl sites for hydroxylation is 2. The Labute approximate surface area is 138 Å². The monoisotopic (exact) mass is 313 g/mol. The predicted octanol–water partition coefficient (Wildman–Crippen LogP) is 4.03. The Kier molecular flexibility index (Phi) is 8.09. The van der Waals surface area contributed by atoms with Crippen molar-refractivity contribution < 1.29 is 14.2 Å². The third-order valence-corrected chi connectivity index (χ3v) is 3.30. The average molecular weight is 313 g/mol. The Hall–Kier alpha value is -2.67. The normalized spacial score (nSPS) is 9.17. The lowest BCUT2D eigenvalue weighted by Gasteiger charge is -2.12. The second-order valence-corrected chi connectivity index (χ2v) is 4.73. The molecule has 2 aromatic rings. The molecule has 2 aromatic carbocycles. The van der Waals surface area contributed by atoms with E-state index < -0.39 is 0 Å². The molecule has 0 aliphatic carbocycles. The van der Waals surface area contributed by atoms with E-state index in [4.69, 9.17) is 19.5 Å². The molecule has 0 aliphatic heterocycles. The zero-order chi connectivity index (χ0) is 17.1. The Morgan fingerprint density at radius 3 is 2.22 bits per heavy atom. The Bertz CT molecular complexity index is 647. The van der Waals surface area contributed by atoms with Gasteiger partial charge < -0.3 is 14.2 Å². The lowest BCUT2D eigenvalue weighted by molar-refractivity contribution is 0.351. The summed E-state index contributed by atoms with van der Waals surface area (Å²) in [7, 11) is 5.01. The summed E-state index contributed by atoms with van der Waals surface area (Å²) in [6, 6.07) is 15.9. The maximum Gasteiger partial charge on any atom is 0.163 e. The summed E-state index contributed by atoms with van der Waals surface area (Å²) < 4.78 is 16.0. The molecule has 0 radical (unpaired) electrons. The van der Waals surface area contributed by atoms with Crippen molar-refractivity contribution in [3.05, 3.63) is 53.6 Å². The molecule has 4 heteroatoms. The van der Waals surface area contributed by atoms with E-state index in [9.17, 15) is 0 Å². The van der Waals surface area contributed by atoms with Crippen molar-refractivity contribution in [2.45, 2.75) is 19.8 Å². The van der Waals surface area contributed by atoms with Crippen molar-refractivity contribution in [1.29, 1.82) is 5.26 Å². The van der Waals surface area contributed by atoms with Crippen LogP contribution in [-0.2, 0) is 12.8 Å². The van der Waals surface area contributed by atoms with Crippen molar-refractivity contribution in [2.24, 2.45) is 0 Å². The molecule has 0 aromatic heterocycles. The maximum atomic E-state index is 7.32. The third-order valence-electron chi connectivity index (χ3n) is 3.30. The highest BCUT2D eigenvalue weighted by atomic mass is 16.5. The van der Waals surface area contributed by atoms with Crippen LogP contribution >= 0.6 is 0 Å². The zero-order valence-electron chi connectivity index (χ0n) is 14.1. The molecule has 0 unspecified atom stereocenters. The molecule has 0 saturated heterocycles. The minimum Gasteiger partial charge on any atom is -0.497 e. The van der Waals surface area contributed by atoms with E-state index in [2.05, 4.69) is 18.2 Å². The highest BCUT2D eigenvalue weighted by Gasteiger charge is 2.09. The van der Waals surface area contributed by atoms with Gasteiger partial charge in [0.25, 0.3) is 0 Å². The molecule has 122 valence electrons. The van der Waals surface area contributed by atoms with Gasteiger partial charge in [0.15, 0.2) is 11.5 Å². The van der Waals surface area contributed by atoms with E-state index in [1.165, 1.54) is 12.5 Å². The van der Waals surface area contributed by atoms with Crippen molar-refractivity contribution in [2.75, 3.05) is 21.3 Å². The van der Waals surface area contributed by atoms with Crippen LogP contribution in [0, 0.1) is 11.3 Å². The summed E-state index contributed by atoms with van der Waals surface area (Å²) in [5, 5.41) is 7.32. The quantitative estimate of drug-likeness (QED) is 0.808. The molecule has 0 saturated carbocycles. The second kappa shape index (κ2) is 10.1. The first kappa shape index (κ1) is 18.4. The van der Waals surface area contributed by atoms with E-state index in [0.717, 1.165) is 35.7 Å². The number of nitrogens with zero attached hydrogens (tertiary/aromatic N) is 1. The molecule has 0 N–H and O–H groups in total. The molecule has 2 rings (SSSR count). The first-order valence-electron chi connectivity index (χ1n) is 7.33. The maximum absolute atomic E-state index is 7.32. The van der Waals surface area contributed by atoms with Crippen LogP contribution in [0.2, 0.25) is 0 Å². The minimum absolute atomic E-state index is 0.774. The number of rotatable bonds is 6. The number of para-hydroxylation sites is 1. The molecular weight excluding hydrogens is 290 g/mol. The molecule has 0 atom stereocenters. The van der Waals surface area contributed by atoms with Gasteiger partial charge in [0.1, 0.15) is 5.75 Å². The fraction of sp³-hybridized carbons (Fsp3) is 0.316. The van der Waals surface area contributed by atoms with E-state index >= 15 is 0 Å². The number of hydrogen-bond acceptors (Lipinski definition) is 4. The fourth-order valence-corrected chi connectivity index (χ4v) is 2.26. The summed E-state index contributed by atoms with van der Waals surface area (Å²) in [6.45, 7) is 1.43. The minimum atomic E-state index is 0.774.